The number of rotatable bonds is 5. The molecule has 7 heteroatoms. The third-order valence-electron chi connectivity index (χ3n) is 3.10. The first kappa shape index (κ1) is 17.1. The fourth-order valence-corrected chi connectivity index (χ4v) is 2.66. The summed E-state index contributed by atoms with van der Waals surface area (Å²) in [5.41, 5.74) is 4.26. The van der Waals surface area contributed by atoms with E-state index in [2.05, 4.69) is 31.8 Å². The van der Waals surface area contributed by atoms with E-state index in [1.54, 1.807) is 6.07 Å². The van der Waals surface area contributed by atoms with Crippen molar-refractivity contribution in [1.29, 1.82) is 0 Å². The van der Waals surface area contributed by atoms with Gasteiger partial charge in [-0.25, -0.2) is 10.2 Å². The Morgan fingerprint density at radius 3 is 2.78 bits per heavy atom. The Morgan fingerprint density at radius 2 is 2.13 bits per heavy atom. The number of urea groups is 1. The molecule has 2 amide bonds. The molecule has 6 nitrogen and oxygen atoms in total. The lowest BCUT2D eigenvalue weighted by Crippen LogP contribution is -2.24. The number of furan rings is 1. The molecule has 0 atom stereocenters. The van der Waals surface area contributed by atoms with Crippen LogP contribution < -0.4 is 15.6 Å². The second-order valence-corrected chi connectivity index (χ2v) is 5.89. The number of para-hydroxylation sites is 1. The SMILES string of the molecule is CCc1ccccc1NC(=O)N/N=C/c1cc(Br)c(N(C)C)o1. The number of carbonyl (C=O) groups excluding carboxylic acids is 1. The largest absolute Gasteiger partial charge is 0.438 e. The number of carbonyl (C=O) groups is 1. The van der Waals surface area contributed by atoms with Gasteiger partial charge < -0.3 is 14.6 Å². The summed E-state index contributed by atoms with van der Waals surface area (Å²) >= 11 is 3.40. The van der Waals surface area contributed by atoms with E-state index < -0.39 is 6.03 Å². The van der Waals surface area contributed by atoms with E-state index in [0.717, 1.165) is 22.1 Å². The lowest BCUT2D eigenvalue weighted by molar-refractivity contribution is 0.252. The molecule has 0 fully saturated rings. The second-order valence-electron chi connectivity index (χ2n) is 5.03. The number of hydrogen-bond donors (Lipinski definition) is 2. The Bertz CT molecular complexity index is 710. The van der Waals surface area contributed by atoms with Gasteiger partial charge in [-0.3, -0.25) is 0 Å². The summed E-state index contributed by atoms with van der Waals surface area (Å²) in [7, 11) is 3.75. The highest BCUT2D eigenvalue weighted by molar-refractivity contribution is 9.10. The highest BCUT2D eigenvalue weighted by atomic mass is 79.9. The Balaban J connectivity index is 1.95. The number of anilines is 2. The van der Waals surface area contributed by atoms with Gasteiger partial charge in [0.1, 0.15) is 0 Å². The lowest BCUT2D eigenvalue weighted by Gasteiger charge is -2.08. The molecule has 0 unspecified atom stereocenters. The van der Waals surface area contributed by atoms with Crippen LogP contribution in [-0.2, 0) is 6.42 Å². The quantitative estimate of drug-likeness (QED) is 0.613. The standard InChI is InChI=1S/C16H19BrN4O2/c1-4-11-7-5-6-8-14(11)19-16(22)20-18-10-12-9-13(17)15(23-12)21(2)3/h5-10H,4H2,1-3H3,(H2,19,20,22)/b18-10+. The fraction of sp³-hybridized carbons (Fsp3) is 0.250. The summed E-state index contributed by atoms with van der Waals surface area (Å²) in [6, 6.07) is 9.03. The molecule has 1 heterocycles. The molecule has 0 bridgehead atoms. The third kappa shape index (κ3) is 4.59. The topological polar surface area (TPSA) is 69.9 Å². The summed E-state index contributed by atoms with van der Waals surface area (Å²) in [6.07, 6.45) is 2.29. The number of amides is 2. The third-order valence-corrected chi connectivity index (χ3v) is 3.67. The zero-order valence-corrected chi connectivity index (χ0v) is 14.8. The zero-order chi connectivity index (χ0) is 16.8. The fourth-order valence-electron chi connectivity index (χ4n) is 2.00. The number of hydrogen-bond acceptors (Lipinski definition) is 4. The van der Waals surface area contributed by atoms with Crippen molar-refractivity contribution in [3.05, 3.63) is 46.1 Å². The van der Waals surface area contributed by atoms with Crippen LogP contribution in [-0.4, -0.2) is 26.3 Å². The molecule has 1 aromatic heterocycles. The molecule has 122 valence electrons. The molecule has 0 spiro atoms. The number of hydrazone groups is 1. The van der Waals surface area contributed by atoms with Crippen LogP contribution in [0.2, 0.25) is 0 Å². The van der Waals surface area contributed by atoms with Gasteiger partial charge in [-0.05, 0) is 34.0 Å². The van der Waals surface area contributed by atoms with Crippen LogP contribution in [0, 0.1) is 0 Å². The number of aryl methyl sites for hydroxylation is 1. The average Bonchev–Trinajstić information content (AvgIpc) is 2.89. The van der Waals surface area contributed by atoms with E-state index >= 15 is 0 Å². The van der Waals surface area contributed by atoms with Crippen LogP contribution in [0.4, 0.5) is 16.4 Å². The molecule has 0 saturated heterocycles. The maximum atomic E-state index is 11.9. The molecular formula is C16H19BrN4O2. The normalized spacial score (nSPS) is 10.8. The summed E-state index contributed by atoms with van der Waals surface area (Å²) in [5, 5.41) is 6.66. The van der Waals surface area contributed by atoms with Gasteiger partial charge in [0.2, 0.25) is 5.88 Å². The van der Waals surface area contributed by atoms with Crippen molar-refractivity contribution < 1.29 is 9.21 Å². The Labute approximate surface area is 143 Å². The van der Waals surface area contributed by atoms with Crippen LogP contribution in [0.25, 0.3) is 0 Å². The van der Waals surface area contributed by atoms with E-state index in [0.29, 0.717) is 11.6 Å². The van der Waals surface area contributed by atoms with Crippen LogP contribution >= 0.6 is 15.9 Å². The van der Waals surface area contributed by atoms with Crippen molar-refractivity contribution in [2.24, 2.45) is 5.10 Å². The van der Waals surface area contributed by atoms with Gasteiger partial charge in [0.05, 0.1) is 10.7 Å². The predicted octanol–water partition coefficient (Wildman–Crippen LogP) is 3.83. The zero-order valence-electron chi connectivity index (χ0n) is 13.3. The molecule has 0 radical (unpaired) electrons. The summed E-state index contributed by atoms with van der Waals surface area (Å²) in [6.45, 7) is 2.04. The highest BCUT2D eigenvalue weighted by Gasteiger charge is 2.09. The lowest BCUT2D eigenvalue weighted by atomic mass is 10.1. The molecule has 0 aliphatic heterocycles. The van der Waals surface area contributed by atoms with Gasteiger partial charge in [-0.1, -0.05) is 25.1 Å². The molecule has 2 aromatic rings. The molecule has 0 saturated carbocycles. The molecule has 0 aliphatic rings. The van der Waals surface area contributed by atoms with E-state index in [1.807, 2.05) is 50.2 Å². The molecule has 2 rings (SSSR count). The minimum Gasteiger partial charge on any atom is -0.438 e. The summed E-state index contributed by atoms with van der Waals surface area (Å²) in [4.78, 5) is 13.7. The van der Waals surface area contributed by atoms with E-state index in [-0.39, 0.29) is 0 Å². The van der Waals surface area contributed by atoms with Crippen LogP contribution in [0.3, 0.4) is 0 Å². The van der Waals surface area contributed by atoms with E-state index in [4.69, 9.17) is 4.42 Å². The van der Waals surface area contributed by atoms with E-state index in [1.165, 1.54) is 6.21 Å². The summed E-state index contributed by atoms with van der Waals surface area (Å²) < 4.78 is 6.39. The molecule has 1 aromatic carbocycles. The first-order valence-corrected chi connectivity index (χ1v) is 7.95. The van der Waals surface area contributed by atoms with Gasteiger partial charge in [0, 0.05) is 25.8 Å². The van der Waals surface area contributed by atoms with Crippen LogP contribution in [0.1, 0.15) is 18.2 Å². The first-order chi connectivity index (χ1) is 11.0. The van der Waals surface area contributed by atoms with Crippen LogP contribution in [0.15, 0.2) is 44.3 Å². The number of nitrogens with zero attached hydrogens (tertiary/aromatic N) is 2. The van der Waals surface area contributed by atoms with Gasteiger partial charge in [-0.15, -0.1) is 0 Å². The Morgan fingerprint density at radius 1 is 1.39 bits per heavy atom. The second kappa shape index (κ2) is 7.82. The van der Waals surface area contributed by atoms with Gasteiger partial charge in [0.15, 0.2) is 5.76 Å². The maximum Gasteiger partial charge on any atom is 0.339 e. The monoisotopic (exact) mass is 378 g/mol. The number of benzene rings is 1. The summed E-state index contributed by atoms with van der Waals surface area (Å²) in [5.74, 6) is 1.22. The van der Waals surface area contributed by atoms with Gasteiger partial charge >= 0.3 is 6.03 Å². The van der Waals surface area contributed by atoms with Crippen molar-refractivity contribution in [3.63, 3.8) is 0 Å². The Kier molecular flexibility index (Phi) is 5.81. The van der Waals surface area contributed by atoms with Crippen molar-refractivity contribution in [1.82, 2.24) is 5.43 Å². The predicted molar refractivity (Wildman–Crippen MR) is 96.3 cm³/mol. The molecule has 0 aliphatic carbocycles. The van der Waals surface area contributed by atoms with E-state index in [9.17, 15) is 4.79 Å². The van der Waals surface area contributed by atoms with Crippen LogP contribution in [0.5, 0.6) is 0 Å². The molecule has 23 heavy (non-hydrogen) atoms. The Hall–Kier alpha value is -2.28. The minimum absolute atomic E-state index is 0.402. The van der Waals surface area contributed by atoms with Crippen molar-refractivity contribution in [3.8, 4) is 0 Å². The maximum absolute atomic E-state index is 11.9. The molecule has 2 N–H and O–H groups in total. The smallest absolute Gasteiger partial charge is 0.339 e. The number of halogens is 1. The minimum atomic E-state index is -0.402. The molecular weight excluding hydrogens is 360 g/mol. The highest BCUT2D eigenvalue weighted by Crippen LogP contribution is 2.27. The van der Waals surface area contributed by atoms with Crippen molar-refractivity contribution >= 4 is 39.7 Å². The van der Waals surface area contributed by atoms with Gasteiger partial charge in [0.25, 0.3) is 0 Å². The first-order valence-electron chi connectivity index (χ1n) is 7.16. The van der Waals surface area contributed by atoms with Crippen molar-refractivity contribution in [2.45, 2.75) is 13.3 Å². The van der Waals surface area contributed by atoms with Gasteiger partial charge in [-0.2, -0.15) is 5.10 Å². The number of nitrogens with one attached hydrogen (secondary N) is 2. The average molecular weight is 379 g/mol. The van der Waals surface area contributed by atoms with Crippen molar-refractivity contribution in [2.75, 3.05) is 24.3 Å².